The predicted octanol–water partition coefficient (Wildman–Crippen LogP) is 3.98. The standard InChI is InChI=1S/C13H18F3N/c1-4-12(2,3)17-9-10-5-7-11(8-6-10)13(14,15)16/h5-8,17H,4,9H2,1-3H3. The van der Waals surface area contributed by atoms with Gasteiger partial charge in [-0.3, -0.25) is 0 Å². The Morgan fingerprint density at radius 2 is 1.59 bits per heavy atom. The van der Waals surface area contributed by atoms with Crippen LogP contribution in [0.3, 0.4) is 0 Å². The maximum Gasteiger partial charge on any atom is 0.416 e. The molecule has 1 aromatic carbocycles. The van der Waals surface area contributed by atoms with Gasteiger partial charge in [-0.1, -0.05) is 19.1 Å². The Bertz CT molecular complexity index is 352. The third-order valence-electron chi connectivity index (χ3n) is 2.94. The number of nitrogens with one attached hydrogen (secondary N) is 1. The van der Waals surface area contributed by atoms with Crippen LogP contribution in [0.5, 0.6) is 0 Å². The molecule has 1 aromatic rings. The lowest BCUT2D eigenvalue weighted by Gasteiger charge is -2.24. The van der Waals surface area contributed by atoms with Crippen LogP contribution in [0.15, 0.2) is 24.3 Å². The van der Waals surface area contributed by atoms with Crippen LogP contribution in [0, 0.1) is 0 Å². The third kappa shape index (κ3) is 4.38. The van der Waals surface area contributed by atoms with Crippen LogP contribution in [0.1, 0.15) is 38.3 Å². The van der Waals surface area contributed by atoms with Crippen molar-refractivity contribution in [3.8, 4) is 0 Å². The lowest BCUT2D eigenvalue weighted by molar-refractivity contribution is -0.137. The zero-order valence-electron chi connectivity index (χ0n) is 10.4. The van der Waals surface area contributed by atoms with Crippen LogP contribution >= 0.6 is 0 Å². The molecule has 1 rings (SSSR count). The van der Waals surface area contributed by atoms with E-state index in [1.54, 1.807) is 0 Å². The predicted molar refractivity (Wildman–Crippen MR) is 62.7 cm³/mol. The molecule has 0 saturated carbocycles. The zero-order chi connectivity index (χ0) is 13.1. The number of hydrogen-bond acceptors (Lipinski definition) is 1. The average Bonchev–Trinajstić information content (AvgIpc) is 2.26. The number of benzene rings is 1. The molecule has 1 nitrogen and oxygen atoms in total. The van der Waals surface area contributed by atoms with E-state index >= 15 is 0 Å². The van der Waals surface area contributed by atoms with E-state index in [4.69, 9.17) is 0 Å². The van der Waals surface area contributed by atoms with Gasteiger partial charge >= 0.3 is 6.18 Å². The van der Waals surface area contributed by atoms with Crippen molar-refractivity contribution in [3.05, 3.63) is 35.4 Å². The topological polar surface area (TPSA) is 12.0 Å². The van der Waals surface area contributed by atoms with Gasteiger partial charge in [0.2, 0.25) is 0 Å². The third-order valence-corrected chi connectivity index (χ3v) is 2.94. The molecular formula is C13H18F3N. The molecule has 0 spiro atoms. The molecule has 1 N–H and O–H groups in total. The molecule has 17 heavy (non-hydrogen) atoms. The van der Waals surface area contributed by atoms with Crippen LogP contribution in [-0.4, -0.2) is 5.54 Å². The molecule has 0 radical (unpaired) electrons. The van der Waals surface area contributed by atoms with E-state index in [9.17, 15) is 13.2 Å². The van der Waals surface area contributed by atoms with Gasteiger partial charge in [-0.2, -0.15) is 13.2 Å². The summed E-state index contributed by atoms with van der Waals surface area (Å²) >= 11 is 0. The first-order valence-corrected chi connectivity index (χ1v) is 5.66. The molecule has 0 amide bonds. The summed E-state index contributed by atoms with van der Waals surface area (Å²) in [5.74, 6) is 0. The van der Waals surface area contributed by atoms with Crippen molar-refractivity contribution in [2.45, 2.75) is 45.5 Å². The van der Waals surface area contributed by atoms with Crippen LogP contribution in [0.2, 0.25) is 0 Å². The molecule has 4 heteroatoms. The minimum absolute atomic E-state index is 0.00268. The van der Waals surface area contributed by atoms with Gasteiger partial charge in [-0.05, 0) is 38.0 Å². The highest BCUT2D eigenvalue weighted by atomic mass is 19.4. The minimum atomic E-state index is -4.26. The fourth-order valence-electron chi connectivity index (χ4n) is 1.28. The van der Waals surface area contributed by atoms with Crippen molar-refractivity contribution in [1.29, 1.82) is 0 Å². The van der Waals surface area contributed by atoms with Crippen molar-refractivity contribution in [3.63, 3.8) is 0 Å². The van der Waals surface area contributed by atoms with Crippen LogP contribution < -0.4 is 5.32 Å². The molecule has 0 bridgehead atoms. The molecule has 0 aromatic heterocycles. The van der Waals surface area contributed by atoms with E-state index < -0.39 is 11.7 Å². The van der Waals surface area contributed by atoms with Gasteiger partial charge in [0.05, 0.1) is 5.56 Å². The monoisotopic (exact) mass is 245 g/mol. The first-order valence-electron chi connectivity index (χ1n) is 5.66. The molecule has 96 valence electrons. The van der Waals surface area contributed by atoms with E-state index in [0.717, 1.165) is 24.1 Å². The summed E-state index contributed by atoms with van der Waals surface area (Å²) in [5, 5.41) is 3.30. The Hall–Kier alpha value is -1.03. The summed E-state index contributed by atoms with van der Waals surface area (Å²) in [5.41, 5.74) is 0.262. The highest BCUT2D eigenvalue weighted by Gasteiger charge is 2.29. The fourth-order valence-corrected chi connectivity index (χ4v) is 1.28. The molecule has 0 aliphatic heterocycles. The van der Waals surface area contributed by atoms with Crippen LogP contribution in [-0.2, 0) is 12.7 Å². The highest BCUT2D eigenvalue weighted by Crippen LogP contribution is 2.29. The number of hydrogen-bond donors (Lipinski definition) is 1. The molecule has 0 heterocycles. The maximum atomic E-state index is 12.3. The number of alkyl halides is 3. The Kier molecular flexibility index (Phi) is 4.20. The van der Waals surface area contributed by atoms with E-state index in [-0.39, 0.29) is 5.54 Å². The second-order valence-corrected chi connectivity index (χ2v) is 4.79. The summed E-state index contributed by atoms with van der Waals surface area (Å²) in [7, 11) is 0. The normalized spacial score (nSPS) is 12.8. The number of halogens is 3. The SMILES string of the molecule is CCC(C)(C)NCc1ccc(C(F)(F)F)cc1. The van der Waals surface area contributed by atoms with E-state index in [0.29, 0.717) is 6.54 Å². The van der Waals surface area contributed by atoms with E-state index in [1.165, 1.54) is 12.1 Å². The largest absolute Gasteiger partial charge is 0.416 e. The summed E-state index contributed by atoms with van der Waals surface area (Å²) in [4.78, 5) is 0. The van der Waals surface area contributed by atoms with E-state index in [1.807, 2.05) is 0 Å². The second-order valence-electron chi connectivity index (χ2n) is 4.79. The average molecular weight is 245 g/mol. The Labute approximate surface area is 100 Å². The zero-order valence-corrected chi connectivity index (χ0v) is 10.4. The summed E-state index contributed by atoms with van der Waals surface area (Å²) in [6, 6.07) is 5.27. The molecule has 0 fully saturated rings. The van der Waals surface area contributed by atoms with Crippen molar-refractivity contribution in [2.24, 2.45) is 0 Å². The first kappa shape index (κ1) is 14.0. The minimum Gasteiger partial charge on any atom is -0.308 e. The van der Waals surface area contributed by atoms with Gasteiger partial charge in [0.1, 0.15) is 0 Å². The molecule has 0 aliphatic carbocycles. The van der Waals surface area contributed by atoms with Gasteiger partial charge in [-0.25, -0.2) is 0 Å². The van der Waals surface area contributed by atoms with Crippen molar-refractivity contribution < 1.29 is 13.2 Å². The second kappa shape index (κ2) is 5.08. The lowest BCUT2D eigenvalue weighted by atomic mass is 10.0. The maximum absolute atomic E-state index is 12.3. The van der Waals surface area contributed by atoms with Gasteiger partial charge in [0.25, 0.3) is 0 Å². The fraction of sp³-hybridized carbons (Fsp3) is 0.538. The highest BCUT2D eigenvalue weighted by molar-refractivity contribution is 5.24. The van der Waals surface area contributed by atoms with Crippen molar-refractivity contribution in [2.75, 3.05) is 0 Å². The molecule has 0 saturated heterocycles. The van der Waals surface area contributed by atoms with Gasteiger partial charge in [-0.15, -0.1) is 0 Å². The quantitative estimate of drug-likeness (QED) is 0.846. The lowest BCUT2D eigenvalue weighted by Crippen LogP contribution is -2.37. The number of rotatable bonds is 4. The van der Waals surface area contributed by atoms with Gasteiger partial charge in [0.15, 0.2) is 0 Å². The van der Waals surface area contributed by atoms with Crippen molar-refractivity contribution >= 4 is 0 Å². The Morgan fingerprint density at radius 3 is 2.00 bits per heavy atom. The smallest absolute Gasteiger partial charge is 0.308 e. The van der Waals surface area contributed by atoms with Crippen LogP contribution in [0.4, 0.5) is 13.2 Å². The van der Waals surface area contributed by atoms with Gasteiger partial charge in [0, 0.05) is 12.1 Å². The molecule has 0 unspecified atom stereocenters. The van der Waals surface area contributed by atoms with Gasteiger partial charge < -0.3 is 5.32 Å². The molecular weight excluding hydrogens is 227 g/mol. The molecule has 0 aliphatic rings. The van der Waals surface area contributed by atoms with E-state index in [2.05, 4.69) is 26.1 Å². The summed E-state index contributed by atoms with van der Waals surface area (Å²) < 4.78 is 37.0. The Morgan fingerprint density at radius 1 is 1.06 bits per heavy atom. The summed E-state index contributed by atoms with van der Waals surface area (Å²) in [6.45, 7) is 6.78. The van der Waals surface area contributed by atoms with Crippen molar-refractivity contribution in [1.82, 2.24) is 5.32 Å². The summed E-state index contributed by atoms with van der Waals surface area (Å²) in [6.07, 6.45) is -3.29. The van der Waals surface area contributed by atoms with Crippen LogP contribution in [0.25, 0.3) is 0 Å². The first-order chi connectivity index (χ1) is 7.74. The Balaban J connectivity index is 2.64. The molecule has 0 atom stereocenters.